The highest BCUT2D eigenvalue weighted by atomic mass is 127. The number of hydrogen-bond acceptors (Lipinski definition) is 1. The van der Waals surface area contributed by atoms with Gasteiger partial charge in [0.25, 0.3) is 5.91 Å². The molecule has 0 aliphatic rings. The van der Waals surface area contributed by atoms with E-state index in [2.05, 4.69) is 34.8 Å². The van der Waals surface area contributed by atoms with E-state index in [1.807, 2.05) is 30.3 Å². The molecule has 4 heteroatoms. The van der Waals surface area contributed by atoms with Crippen LogP contribution < -0.4 is 5.32 Å². The first kappa shape index (κ1) is 14.3. The maximum Gasteiger partial charge on any atom is 0.255 e. The topological polar surface area (TPSA) is 29.1 Å². The molecular weight excluding hydrogens is 373 g/mol. The molecule has 0 aliphatic carbocycles. The lowest BCUT2D eigenvalue weighted by atomic mass is 10.1. The Morgan fingerprint density at radius 2 is 2.00 bits per heavy atom. The Morgan fingerprint density at radius 1 is 1.26 bits per heavy atom. The van der Waals surface area contributed by atoms with Crippen molar-refractivity contribution in [2.45, 2.75) is 13.3 Å². The van der Waals surface area contributed by atoms with E-state index < -0.39 is 0 Å². The summed E-state index contributed by atoms with van der Waals surface area (Å²) in [5, 5.41) is 3.52. The highest BCUT2D eigenvalue weighted by Crippen LogP contribution is 2.21. The van der Waals surface area contributed by atoms with E-state index in [0.717, 1.165) is 21.2 Å². The first-order valence-electron chi connectivity index (χ1n) is 5.96. The van der Waals surface area contributed by atoms with E-state index in [4.69, 9.17) is 11.6 Å². The molecule has 1 N–H and O–H groups in total. The van der Waals surface area contributed by atoms with Crippen LogP contribution >= 0.6 is 34.2 Å². The van der Waals surface area contributed by atoms with Crippen molar-refractivity contribution in [1.82, 2.24) is 0 Å². The zero-order valence-corrected chi connectivity index (χ0v) is 13.3. The van der Waals surface area contributed by atoms with Crippen LogP contribution in [0.1, 0.15) is 22.8 Å². The van der Waals surface area contributed by atoms with Gasteiger partial charge in [0.1, 0.15) is 0 Å². The van der Waals surface area contributed by atoms with Gasteiger partial charge in [-0.3, -0.25) is 4.79 Å². The lowest BCUT2D eigenvalue weighted by Gasteiger charge is -2.10. The Labute approximate surface area is 131 Å². The molecule has 0 unspecified atom stereocenters. The van der Waals surface area contributed by atoms with Gasteiger partial charge in [0.05, 0.1) is 5.02 Å². The number of rotatable bonds is 3. The lowest BCUT2D eigenvalue weighted by molar-refractivity contribution is 0.102. The highest BCUT2D eigenvalue weighted by molar-refractivity contribution is 14.1. The maximum atomic E-state index is 12.2. The van der Waals surface area contributed by atoms with Crippen molar-refractivity contribution in [3.8, 4) is 0 Å². The molecule has 0 fully saturated rings. The van der Waals surface area contributed by atoms with Gasteiger partial charge >= 0.3 is 0 Å². The summed E-state index contributed by atoms with van der Waals surface area (Å²) in [5.74, 6) is -0.140. The van der Waals surface area contributed by atoms with Gasteiger partial charge in [-0.15, -0.1) is 0 Å². The molecule has 0 bridgehead atoms. The summed E-state index contributed by atoms with van der Waals surface area (Å²) < 4.78 is 0.935. The predicted octanol–water partition coefficient (Wildman–Crippen LogP) is 4.76. The summed E-state index contributed by atoms with van der Waals surface area (Å²) in [4.78, 5) is 12.2. The van der Waals surface area contributed by atoms with Crippen LogP contribution in [-0.4, -0.2) is 5.91 Å². The summed E-state index contributed by atoms with van der Waals surface area (Å²) in [6, 6.07) is 13.1. The Bertz CT molecular complexity index is 613. The molecular formula is C15H13ClINO. The van der Waals surface area contributed by atoms with Crippen LogP contribution in [0, 0.1) is 3.57 Å². The molecule has 0 saturated heterocycles. The predicted molar refractivity (Wildman–Crippen MR) is 87.9 cm³/mol. The number of halogens is 2. The fourth-order valence-electron chi connectivity index (χ4n) is 1.78. The minimum Gasteiger partial charge on any atom is -0.322 e. The SMILES string of the molecule is CCc1ccccc1NC(=O)c1ccc(I)c(Cl)c1. The van der Waals surface area contributed by atoms with Crippen molar-refractivity contribution in [2.75, 3.05) is 5.32 Å². The number of carbonyl (C=O) groups is 1. The fourth-order valence-corrected chi connectivity index (χ4v) is 2.30. The molecule has 1 amide bonds. The molecule has 0 aromatic heterocycles. The number of benzene rings is 2. The molecule has 0 heterocycles. The standard InChI is InChI=1S/C15H13ClINO/c1-2-10-5-3-4-6-14(10)18-15(19)11-7-8-13(17)12(16)9-11/h3-9H,2H2,1H3,(H,18,19). The molecule has 0 aliphatic heterocycles. The molecule has 0 atom stereocenters. The van der Waals surface area contributed by atoms with Crippen LogP contribution in [0.25, 0.3) is 0 Å². The molecule has 0 radical (unpaired) electrons. The first-order chi connectivity index (χ1) is 9.11. The molecule has 19 heavy (non-hydrogen) atoms. The molecule has 0 spiro atoms. The van der Waals surface area contributed by atoms with E-state index in [9.17, 15) is 4.79 Å². The van der Waals surface area contributed by atoms with Crippen molar-refractivity contribution in [3.63, 3.8) is 0 Å². The number of para-hydroxylation sites is 1. The van der Waals surface area contributed by atoms with Crippen molar-refractivity contribution in [3.05, 3.63) is 62.2 Å². The Hall–Kier alpha value is -1.07. The van der Waals surface area contributed by atoms with Crippen LogP contribution in [-0.2, 0) is 6.42 Å². The lowest BCUT2D eigenvalue weighted by Crippen LogP contribution is -2.13. The molecule has 98 valence electrons. The van der Waals surface area contributed by atoms with E-state index in [1.165, 1.54) is 0 Å². The van der Waals surface area contributed by atoms with Crippen LogP contribution in [0.2, 0.25) is 5.02 Å². The van der Waals surface area contributed by atoms with Gasteiger partial charge in [-0.25, -0.2) is 0 Å². The minimum absolute atomic E-state index is 0.140. The highest BCUT2D eigenvalue weighted by Gasteiger charge is 2.09. The number of aryl methyl sites for hydroxylation is 1. The van der Waals surface area contributed by atoms with E-state index in [1.54, 1.807) is 12.1 Å². The third-order valence-corrected chi connectivity index (χ3v) is 4.40. The number of hydrogen-bond donors (Lipinski definition) is 1. The van der Waals surface area contributed by atoms with Crippen LogP contribution in [0.15, 0.2) is 42.5 Å². The normalized spacial score (nSPS) is 10.3. The fraction of sp³-hybridized carbons (Fsp3) is 0.133. The van der Waals surface area contributed by atoms with E-state index in [-0.39, 0.29) is 5.91 Å². The Morgan fingerprint density at radius 3 is 2.68 bits per heavy atom. The zero-order chi connectivity index (χ0) is 13.8. The van der Waals surface area contributed by atoms with E-state index >= 15 is 0 Å². The second-order valence-corrected chi connectivity index (χ2v) is 5.66. The number of nitrogens with one attached hydrogen (secondary N) is 1. The third kappa shape index (κ3) is 3.48. The quantitative estimate of drug-likeness (QED) is 0.758. The summed E-state index contributed by atoms with van der Waals surface area (Å²) in [6.45, 7) is 2.06. The smallest absolute Gasteiger partial charge is 0.255 e. The van der Waals surface area contributed by atoms with Crippen molar-refractivity contribution in [2.24, 2.45) is 0 Å². The number of anilines is 1. The largest absolute Gasteiger partial charge is 0.322 e. The van der Waals surface area contributed by atoms with Crippen molar-refractivity contribution >= 4 is 45.8 Å². The minimum atomic E-state index is -0.140. The monoisotopic (exact) mass is 385 g/mol. The maximum absolute atomic E-state index is 12.2. The van der Waals surface area contributed by atoms with Crippen LogP contribution in [0.4, 0.5) is 5.69 Å². The van der Waals surface area contributed by atoms with Gasteiger partial charge < -0.3 is 5.32 Å². The summed E-state index contributed by atoms with van der Waals surface area (Å²) in [5.41, 5.74) is 2.54. The number of carbonyl (C=O) groups excluding carboxylic acids is 1. The second-order valence-electron chi connectivity index (χ2n) is 4.09. The van der Waals surface area contributed by atoms with Gasteiger partial charge in [0.2, 0.25) is 0 Å². The summed E-state index contributed by atoms with van der Waals surface area (Å²) in [6.07, 6.45) is 0.879. The van der Waals surface area contributed by atoms with Crippen LogP contribution in [0.5, 0.6) is 0 Å². The van der Waals surface area contributed by atoms with Gasteiger partial charge in [-0.2, -0.15) is 0 Å². The Kier molecular flexibility index (Phi) is 4.82. The number of amides is 1. The van der Waals surface area contributed by atoms with Gasteiger partial charge in [0.15, 0.2) is 0 Å². The molecule has 2 aromatic carbocycles. The Balaban J connectivity index is 2.23. The van der Waals surface area contributed by atoms with Crippen molar-refractivity contribution in [1.29, 1.82) is 0 Å². The first-order valence-corrected chi connectivity index (χ1v) is 7.41. The molecule has 2 nitrogen and oxygen atoms in total. The van der Waals surface area contributed by atoms with Crippen LogP contribution in [0.3, 0.4) is 0 Å². The molecule has 2 rings (SSSR count). The summed E-state index contributed by atoms with van der Waals surface area (Å²) in [7, 11) is 0. The summed E-state index contributed by atoms with van der Waals surface area (Å²) >= 11 is 8.17. The molecule has 0 saturated carbocycles. The van der Waals surface area contributed by atoms with E-state index in [0.29, 0.717) is 10.6 Å². The molecule has 2 aromatic rings. The van der Waals surface area contributed by atoms with Gasteiger partial charge in [-0.05, 0) is 58.8 Å². The zero-order valence-electron chi connectivity index (χ0n) is 10.4. The van der Waals surface area contributed by atoms with Crippen molar-refractivity contribution < 1.29 is 4.79 Å². The third-order valence-electron chi connectivity index (χ3n) is 2.83. The van der Waals surface area contributed by atoms with Gasteiger partial charge in [0, 0.05) is 14.8 Å². The second kappa shape index (κ2) is 6.39. The average molecular weight is 386 g/mol. The average Bonchev–Trinajstić information content (AvgIpc) is 2.42. The van der Waals surface area contributed by atoms with Gasteiger partial charge in [-0.1, -0.05) is 36.7 Å².